The van der Waals surface area contributed by atoms with Crippen molar-refractivity contribution in [1.29, 1.82) is 0 Å². The summed E-state index contributed by atoms with van der Waals surface area (Å²) in [5.74, 6) is 0.933. The first-order valence-corrected chi connectivity index (χ1v) is 5.17. The molecule has 2 N–H and O–H groups in total. The zero-order valence-corrected chi connectivity index (χ0v) is 8.56. The van der Waals surface area contributed by atoms with Gasteiger partial charge in [0.2, 0.25) is 0 Å². The van der Waals surface area contributed by atoms with Crippen molar-refractivity contribution < 1.29 is 0 Å². The van der Waals surface area contributed by atoms with Gasteiger partial charge in [-0.25, -0.2) is 0 Å². The van der Waals surface area contributed by atoms with E-state index in [1.807, 2.05) is 0 Å². The van der Waals surface area contributed by atoms with E-state index in [-0.39, 0.29) is 0 Å². The Morgan fingerprint density at radius 1 is 1.33 bits per heavy atom. The molecule has 2 unspecified atom stereocenters. The van der Waals surface area contributed by atoms with Crippen LogP contribution in [0.25, 0.3) is 0 Å². The SMILES string of the molecule is CC(C)NCCCNC1CC1C. The Labute approximate surface area is 76.1 Å². The van der Waals surface area contributed by atoms with Gasteiger partial charge in [-0.05, 0) is 31.8 Å². The molecule has 1 aliphatic carbocycles. The number of rotatable bonds is 6. The van der Waals surface area contributed by atoms with Crippen LogP contribution in [0.3, 0.4) is 0 Å². The highest BCUT2D eigenvalue weighted by molar-refractivity contribution is 4.89. The summed E-state index contributed by atoms with van der Waals surface area (Å²) in [5, 5.41) is 6.95. The first kappa shape index (κ1) is 10.0. The molecule has 1 saturated carbocycles. The summed E-state index contributed by atoms with van der Waals surface area (Å²) in [5.41, 5.74) is 0. The highest BCUT2D eigenvalue weighted by Crippen LogP contribution is 2.28. The molecular weight excluding hydrogens is 148 g/mol. The average molecular weight is 170 g/mol. The fourth-order valence-electron chi connectivity index (χ4n) is 1.37. The number of nitrogens with one attached hydrogen (secondary N) is 2. The maximum atomic E-state index is 3.54. The molecule has 0 aromatic heterocycles. The third-order valence-electron chi connectivity index (χ3n) is 2.42. The molecule has 0 amide bonds. The molecule has 0 aromatic carbocycles. The quantitative estimate of drug-likeness (QED) is 0.588. The number of hydrogen-bond acceptors (Lipinski definition) is 2. The average Bonchev–Trinajstić information content (AvgIpc) is 2.65. The van der Waals surface area contributed by atoms with Gasteiger partial charge in [0.05, 0.1) is 0 Å². The lowest BCUT2D eigenvalue weighted by Gasteiger charge is -2.07. The molecule has 2 nitrogen and oxygen atoms in total. The van der Waals surface area contributed by atoms with Gasteiger partial charge >= 0.3 is 0 Å². The topological polar surface area (TPSA) is 24.1 Å². The third kappa shape index (κ3) is 4.07. The molecule has 1 rings (SSSR count). The van der Waals surface area contributed by atoms with Crippen molar-refractivity contribution >= 4 is 0 Å². The Hall–Kier alpha value is -0.0800. The monoisotopic (exact) mass is 170 g/mol. The predicted octanol–water partition coefficient (Wildman–Crippen LogP) is 1.37. The van der Waals surface area contributed by atoms with Gasteiger partial charge in [-0.15, -0.1) is 0 Å². The van der Waals surface area contributed by atoms with Gasteiger partial charge in [-0.1, -0.05) is 20.8 Å². The second-order valence-corrected chi connectivity index (χ2v) is 4.24. The number of hydrogen-bond donors (Lipinski definition) is 2. The zero-order valence-electron chi connectivity index (χ0n) is 8.56. The Morgan fingerprint density at radius 3 is 2.50 bits per heavy atom. The molecule has 12 heavy (non-hydrogen) atoms. The molecular formula is C10H22N2. The summed E-state index contributed by atoms with van der Waals surface area (Å²) < 4.78 is 0. The molecule has 0 heterocycles. The maximum Gasteiger partial charge on any atom is 0.00963 e. The van der Waals surface area contributed by atoms with Gasteiger partial charge in [0.15, 0.2) is 0 Å². The van der Waals surface area contributed by atoms with Crippen molar-refractivity contribution in [3.63, 3.8) is 0 Å². The molecule has 0 radical (unpaired) electrons. The van der Waals surface area contributed by atoms with Crippen molar-refractivity contribution in [3.8, 4) is 0 Å². The lowest BCUT2D eigenvalue weighted by atomic mass is 10.3. The van der Waals surface area contributed by atoms with E-state index in [0.29, 0.717) is 6.04 Å². The molecule has 0 bridgehead atoms. The van der Waals surface area contributed by atoms with Crippen LogP contribution >= 0.6 is 0 Å². The van der Waals surface area contributed by atoms with Gasteiger partial charge in [-0.2, -0.15) is 0 Å². The van der Waals surface area contributed by atoms with Crippen LogP contribution in [0.1, 0.15) is 33.6 Å². The van der Waals surface area contributed by atoms with Crippen LogP contribution in [0.5, 0.6) is 0 Å². The van der Waals surface area contributed by atoms with Gasteiger partial charge in [0.1, 0.15) is 0 Å². The molecule has 1 aliphatic rings. The Kier molecular flexibility index (Phi) is 4.02. The molecule has 0 aliphatic heterocycles. The van der Waals surface area contributed by atoms with E-state index in [4.69, 9.17) is 0 Å². The van der Waals surface area contributed by atoms with E-state index in [0.717, 1.165) is 18.5 Å². The van der Waals surface area contributed by atoms with Crippen molar-refractivity contribution in [2.75, 3.05) is 13.1 Å². The van der Waals surface area contributed by atoms with Crippen molar-refractivity contribution in [2.24, 2.45) is 5.92 Å². The lowest BCUT2D eigenvalue weighted by molar-refractivity contribution is 0.541. The molecule has 0 aromatic rings. The molecule has 0 spiro atoms. The van der Waals surface area contributed by atoms with Gasteiger partial charge in [0, 0.05) is 12.1 Å². The Bertz CT molecular complexity index is 123. The van der Waals surface area contributed by atoms with Crippen LogP contribution in [0, 0.1) is 5.92 Å². The molecule has 72 valence electrons. The Balaban J connectivity index is 1.77. The van der Waals surface area contributed by atoms with Crippen molar-refractivity contribution in [3.05, 3.63) is 0 Å². The lowest BCUT2D eigenvalue weighted by Crippen LogP contribution is -2.27. The van der Waals surface area contributed by atoms with E-state index in [2.05, 4.69) is 31.4 Å². The summed E-state index contributed by atoms with van der Waals surface area (Å²) in [6.45, 7) is 9.01. The second kappa shape index (κ2) is 4.83. The molecule has 2 atom stereocenters. The second-order valence-electron chi connectivity index (χ2n) is 4.24. The fourth-order valence-corrected chi connectivity index (χ4v) is 1.37. The van der Waals surface area contributed by atoms with E-state index in [1.165, 1.54) is 19.4 Å². The predicted molar refractivity (Wildman–Crippen MR) is 53.3 cm³/mol. The largest absolute Gasteiger partial charge is 0.314 e. The van der Waals surface area contributed by atoms with Gasteiger partial charge in [0.25, 0.3) is 0 Å². The summed E-state index contributed by atoms with van der Waals surface area (Å²) in [4.78, 5) is 0. The van der Waals surface area contributed by atoms with Gasteiger partial charge in [-0.3, -0.25) is 0 Å². The highest BCUT2D eigenvalue weighted by Gasteiger charge is 2.31. The van der Waals surface area contributed by atoms with E-state index in [1.54, 1.807) is 0 Å². The third-order valence-corrected chi connectivity index (χ3v) is 2.42. The van der Waals surface area contributed by atoms with Gasteiger partial charge < -0.3 is 10.6 Å². The first-order chi connectivity index (χ1) is 5.70. The zero-order chi connectivity index (χ0) is 8.97. The smallest absolute Gasteiger partial charge is 0.00963 e. The minimum absolute atomic E-state index is 0.629. The van der Waals surface area contributed by atoms with E-state index < -0.39 is 0 Å². The highest BCUT2D eigenvalue weighted by atomic mass is 15.0. The minimum atomic E-state index is 0.629. The fraction of sp³-hybridized carbons (Fsp3) is 1.00. The molecule has 1 fully saturated rings. The Morgan fingerprint density at radius 2 is 2.00 bits per heavy atom. The van der Waals surface area contributed by atoms with Crippen LogP contribution in [-0.2, 0) is 0 Å². The summed E-state index contributed by atoms with van der Waals surface area (Å²) in [6.07, 6.45) is 2.64. The first-order valence-electron chi connectivity index (χ1n) is 5.17. The van der Waals surface area contributed by atoms with Crippen LogP contribution in [0.15, 0.2) is 0 Å². The van der Waals surface area contributed by atoms with E-state index in [9.17, 15) is 0 Å². The van der Waals surface area contributed by atoms with Crippen LogP contribution in [-0.4, -0.2) is 25.2 Å². The maximum absolute atomic E-state index is 3.54. The van der Waals surface area contributed by atoms with Crippen LogP contribution in [0.2, 0.25) is 0 Å². The normalized spacial score (nSPS) is 28.0. The van der Waals surface area contributed by atoms with Crippen LogP contribution < -0.4 is 10.6 Å². The summed E-state index contributed by atoms with van der Waals surface area (Å²) >= 11 is 0. The van der Waals surface area contributed by atoms with Crippen LogP contribution in [0.4, 0.5) is 0 Å². The standard InChI is InChI=1S/C10H22N2/c1-8(2)11-5-4-6-12-10-7-9(10)3/h8-12H,4-7H2,1-3H3. The summed E-state index contributed by atoms with van der Waals surface area (Å²) in [7, 11) is 0. The molecule has 0 saturated heterocycles. The minimum Gasteiger partial charge on any atom is -0.314 e. The molecule has 2 heteroatoms. The van der Waals surface area contributed by atoms with E-state index >= 15 is 0 Å². The van der Waals surface area contributed by atoms with Crippen molar-refractivity contribution in [2.45, 2.75) is 45.7 Å². The summed E-state index contributed by atoms with van der Waals surface area (Å²) in [6, 6.07) is 1.47. The van der Waals surface area contributed by atoms with Crippen molar-refractivity contribution in [1.82, 2.24) is 10.6 Å².